The number of halogens is 1. The Morgan fingerprint density at radius 1 is 1.67 bits per heavy atom. The number of amides is 1. The lowest BCUT2D eigenvalue weighted by Gasteiger charge is -2.06. The van der Waals surface area contributed by atoms with Gasteiger partial charge in [-0.15, -0.1) is 0 Å². The van der Waals surface area contributed by atoms with Crippen LogP contribution in [0.2, 0.25) is 0 Å². The Morgan fingerprint density at radius 2 is 2.33 bits per heavy atom. The van der Waals surface area contributed by atoms with Gasteiger partial charge in [0.2, 0.25) is 5.91 Å². The maximum atomic E-state index is 11.8. The Morgan fingerprint density at radius 3 is 2.87 bits per heavy atom. The molecule has 1 unspecified atom stereocenters. The van der Waals surface area contributed by atoms with E-state index in [1.54, 1.807) is 6.20 Å². The van der Waals surface area contributed by atoms with Gasteiger partial charge >= 0.3 is 0 Å². The molecule has 1 aromatic rings. The first-order valence-corrected chi connectivity index (χ1v) is 5.71. The Labute approximate surface area is 97.4 Å². The molecule has 3 nitrogen and oxygen atoms in total. The number of pyridine rings is 1. The molecule has 1 fully saturated rings. The predicted molar refractivity (Wildman–Crippen MR) is 62.5 cm³/mol. The molecule has 0 aromatic carbocycles. The average molecular weight is 269 g/mol. The minimum atomic E-state index is 0.0689. The minimum Gasteiger partial charge on any atom is -0.310 e. The Hall–Kier alpha value is -0.900. The molecule has 15 heavy (non-hydrogen) atoms. The number of carbonyl (C=O) groups excluding carboxylic acids is 1. The first-order chi connectivity index (χ1) is 7.00. The minimum absolute atomic E-state index is 0.0689. The van der Waals surface area contributed by atoms with E-state index in [0.717, 1.165) is 10.9 Å². The fraction of sp³-hybridized carbons (Fsp3) is 0.455. The van der Waals surface area contributed by atoms with Crippen molar-refractivity contribution in [2.75, 3.05) is 5.32 Å². The summed E-state index contributed by atoms with van der Waals surface area (Å²) in [7, 11) is 0. The van der Waals surface area contributed by atoms with Gasteiger partial charge in [0.25, 0.3) is 0 Å². The molecule has 1 amide bonds. The fourth-order valence-corrected chi connectivity index (χ4v) is 1.95. The van der Waals surface area contributed by atoms with Gasteiger partial charge in [-0.25, -0.2) is 4.98 Å². The van der Waals surface area contributed by atoms with E-state index >= 15 is 0 Å². The number of nitrogens with zero attached hydrogens (tertiary/aromatic N) is 1. The highest BCUT2D eigenvalue weighted by Gasteiger charge is 2.50. The van der Waals surface area contributed by atoms with Gasteiger partial charge in [0.1, 0.15) is 5.82 Å². The summed E-state index contributed by atoms with van der Waals surface area (Å²) in [5.41, 5.74) is 0.158. The molecule has 1 heterocycles. The number of rotatable bonds is 2. The molecule has 0 radical (unpaired) electrons. The summed E-state index contributed by atoms with van der Waals surface area (Å²) in [6.07, 6.45) is 2.63. The number of aromatic nitrogens is 1. The van der Waals surface area contributed by atoms with Crippen molar-refractivity contribution >= 4 is 27.7 Å². The van der Waals surface area contributed by atoms with Gasteiger partial charge in [0.15, 0.2) is 0 Å². The molecule has 1 saturated carbocycles. The van der Waals surface area contributed by atoms with Crippen LogP contribution >= 0.6 is 15.9 Å². The van der Waals surface area contributed by atoms with E-state index in [0.29, 0.717) is 5.82 Å². The normalized spacial score (nSPS) is 22.2. The summed E-state index contributed by atoms with van der Waals surface area (Å²) in [6, 6.07) is 3.68. The second-order valence-electron chi connectivity index (χ2n) is 4.57. The lowest BCUT2D eigenvalue weighted by atomic mass is 10.1. The van der Waals surface area contributed by atoms with Crippen molar-refractivity contribution in [1.82, 2.24) is 4.98 Å². The quantitative estimate of drug-likeness (QED) is 0.897. The fourth-order valence-electron chi connectivity index (χ4n) is 1.60. The number of carbonyl (C=O) groups is 1. The third kappa shape index (κ3) is 2.20. The third-order valence-electron chi connectivity index (χ3n) is 2.83. The molecule has 80 valence electrons. The maximum absolute atomic E-state index is 11.8. The average Bonchev–Trinajstić information content (AvgIpc) is 2.79. The molecular weight excluding hydrogens is 256 g/mol. The van der Waals surface area contributed by atoms with Gasteiger partial charge in [-0.2, -0.15) is 0 Å². The van der Waals surface area contributed by atoms with Crippen molar-refractivity contribution < 1.29 is 4.79 Å². The van der Waals surface area contributed by atoms with Crippen molar-refractivity contribution in [3.8, 4) is 0 Å². The van der Waals surface area contributed by atoms with Crippen molar-refractivity contribution in [2.45, 2.75) is 20.3 Å². The van der Waals surface area contributed by atoms with Crippen LogP contribution in [0.1, 0.15) is 20.3 Å². The van der Waals surface area contributed by atoms with Crippen molar-refractivity contribution in [3.05, 3.63) is 22.8 Å². The van der Waals surface area contributed by atoms with Crippen LogP contribution in [0.25, 0.3) is 0 Å². The summed E-state index contributed by atoms with van der Waals surface area (Å²) in [5.74, 6) is 0.802. The zero-order valence-electron chi connectivity index (χ0n) is 8.75. The second kappa shape index (κ2) is 3.59. The highest BCUT2D eigenvalue weighted by Crippen LogP contribution is 2.52. The van der Waals surface area contributed by atoms with Crippen molar-refractivity contribution in [3.63, 3.8) is 0 Å². The topological polar surface area (TPSA) is 42.0 Å². The lowest BCUT2D eigenvalue weighted by molar-refractivity contribution is -0.118. The summed E-state index contributed by atoms with van der Waals surface area (Å²) < 4.78 is 0.816. The van der Waals surface area contributed by atoms with Gasteiger partial charge in [-0.05, 0) is 39.9 Å². The van der Waals surface area contributed by atoms with Crippen LogP contribution in [0.3, 0.4) is 0 Å². The Kier molecular flexibility index (Phi) is 2.54. The molecule has 2 rings (SSSR count). The molecule has 1 N–H and O–H groups in total. The van der Waals surface area contributed by atoms with Crippen LogP contribution in [-0.4, -0.2) is 10.9 Å². The molecule has 0 aliphatic heterocycles. The van der Waals surface area contributed by atoms with Crippen LogP contribution in [0.4, 0.5) is 5.82 Å². The second-order valence-corrected chi connectivity index (χ2v) is 5.42. The third-order valence-corrected chi connectivity index (χ3v) is 3.47. The van der Waals surface area contributed by atoms with Gasteiger partial charge < -0.3 is 5.32 Å². The molecule has 1 aliphatic rings. The highest BCUT2D eigenvalue weighted by atomic mass is 79.9. The number of hydrogen-bond donors (Lipinski definition) is 1. The zero-order chi connectivity index (χ0) is 11.1. The van der Waals surface area contributed by atoms with E-state index in [2.05, 4.69) is 40.1 Å². The van der Waals surface area contributed by atoms with Crippen LogP contribution in [-0.2, 0) is 4.79 Å². The molecular formula is C11H13BrN2O. The van der Waals surface area contributed by atoms with Gasteiger partial charge in [0, 0.05) is 12.1 Å². The van der Waals surface area contributed by atoms with Crippen molar-refractivity contribution in [1.29, 1.82) is 0 Å². The number of hydrogen-bond acceptors (Lipinski definition) is 2. The lowest BCUT2D eigenvalue weighted by Crippen LogP contribution is -2.17. The molecule has 1 aromatic heterocycles. The van der Waals surface area contributed by atoms with Gasteiger partial charge in [0.05, 0.1) is 4.47 Å². The van der Waals surface area contributed by atoms with Crippen LogP contribution < -0.4 is 5.32 Å². The van der Waals surface area contributed by atoms with Gasteiger partial charge in [-0.3, -0.25) is 4.79 Å². The molecule has 0 spiro atoms. The van der Waals surface area contributed by atoms with Gasteiger partial charge in [-0.1, -0.05) is 13.8 Å². The van der Waals surface area contributed by atoms with E-state index < -0.39 is 0 Å². The molecule has 1 aliphatic carbocycles. The van der Waals surface area contributed by atoms with Crippen molar-refractivity contribution in [2.24, 2.45) is 11.3 Å². The Bertz CT molecular complexity index is 403. The first kappa shape index (κ1) is 10.6. The van der Waals surface area contributed by atoms with Crippen LogP contribution in [0, 0.1) is 11.3 Å². The standard InChI is InChI=1S/C11H13BrN2O/c1-11(2)6-7(11)10(15)14-9-8(12)4-3-5-13-9/h3-5,7H,6H2,1-2H3,(H,13,14,15). The predicted octanol–water partition coefficient (Wildman–Crippen LogP) is 2.83. The molecule has 0 bridgehead atoms. The molecule has 4 heteroatoms. The van der Waals surface area contributed by atoms with E-state index in [1.807, 2.05) is 12.1 Å². The zero-order valence-corrected chi connectivity index (χ0v) is 10.3. The van der Waals surface area contributed by atoms with E-state index in [-0.39, 0.29) is 17.2 Å². The molecule has 0 saturated heterocycles. The summed E-state index contributed by atoms with van der Waals surface area (Å²) in [4.78, 5) is 15.9. The van der Waals surface area contributed by atoms with E-state index in [4.69, 9.17) is 0 Å². The maximum Gasteiger partial charge on any atom is 0.229 e. The van der Waals surface area contributed by atoms with E-state index in [1.165, 1.54) is 0 Å². The summed E-state index contributed by atoms with van der Waals surface area (Å²) in [6.45, 7) is 4.20. The van der Waals surface area contributed by atoms with Crippen LogP contribution in [0.15, 0.2) is 22.8 Å². The summed E-state index contributed by atoms with van der Waals surface area (Å²) >= 11 is 3.35. The number of anilines is 1. The smallest absolute Gasteiger partial charge is 0.229 e. The monoisotopic (exact) mass is 268 g/mol. The summed E-state index contributed by atoms with van der Waals surface area (Å²) in [5, 5.41) is 2.83. The largest absolute Gasteiger partial charge is 0.310 e. The Balaban J connectivity index is 2.05. The van der Waals surface area contributed by atoms with Crippen LogP contribution in [0.5, 0.6) is 0 Å². The molecule has 1 atom stereocenters. The number of nitrogens with one attached hydrogen (secondary N) is 1. The van der Waals surface area contributed by atoms with E-state index in [9.17, 15) is 4.79 Å². The highest BCUT2D eigenvalue weighted by molar-refractivity contribution is 9.10. The first-order valence-electron chi connectivity index (χ1n) is 4.92. The SMILES string of the molecule is CC1(C)CC1C(=O)Nc1ncccc1Br.